The number of ketones is 1. The molecule has 0 aliphatic heterocycles. The molecule has 29 heavy (non-hydrogen) atoms. The minimum absolute atomic E-state index is 0.0116. The van der Waals surface area contributed by atoms with Crippen molar-refractivity contribution in [2.45, 2.75) is 39.0 Å². The van der Waals surface area contributed by atoms with E-state index in [4.69, 9.17) is 16.3 Å². The summed E-state index contributed by atoms with van der Waals surface area (Å²) in [6.07, 6.45) is 5.22. The highest BCUT2D eigenvalue weighted by molar-refractivity contribution is 7.19. The Morgan fingerprint density at radius 3 is 2.66 bits per heavy atom. The van der Waals surface area contributed by atoms with Crippen LogP contribution in [-0.2, 0) is 16.0 Å². The highest BCUT2D eigenvalue weighted by Gasteiger charge is 2.26. The third-order valence-electron chi connectivity index (χ3n) is 4.70. The molecule has 2 amide bonds. The van der Waals surface area contributed by atoms with Gasteiger partial charge in [-0.25, -0.2) is 9.78 Å². The van der Waals surface area contributed by atoms with E-state index in [0.29, 0.717) is 26.3 Å². The minimum Gasteiger partial charge on any atom is -0.466 e. The van der Waals surface area contributed by atoms with Crippen LogP contribution in [-0.4, -0.2) is 29.4 Å². The second kappa shape index (κ2) is 9.84. The molecule has 2 N–H and O–H groups in total. The summed E-state index contributed by atoms with van der Waals surface area (Å²) in [6, 6.07) is 4.49. The van der Waals surface area contributed by atoms with Crippen LogP contribution in [0.5, 0.6) is 0 Å². The Kier molecular flexibility index (Phi) is 7.22. The van der Waals surface area contributed by atoms with Crippen LogP contribution >= 0.6 is 22.9 Å². The van der Waals surface area contributed by atoms with E-state index < -0.39 is 6.03 Å². The van der Waals surface area contributed by atoms with Crippen molar-refractivity contribution in [3.05, 3.63) is 39.9 Å². The van der Waals surface area contributed by atoms with Crippen molar-refractivity contribution >= 4 is 51.5 Å². The van der Waals surface area contributed by atoms with Gasteiger partial charge in [-0.05, 0) is 37.5 Å². The number of esters is 1. The number of carbonyl (C=O) groups excluding carboxylic acids is 3. The Bertz CT molecular complexity index is 909. The number of benzene rings is 1. The van der Waals surface area contributed by atoms with Gasteiger partial charge in [0.25, 0.3) is 0 Å². The fraction of sp³-hybridized carbons (Fsp3) is 0.400. The lowest BCUT2D eigenvalue weighted by atomic mass is 9.91. The predicted molar refractivity (Wildman–Crippen MR) is 113 cm³/mol. The van der Waals surface area contributed by atoms with Gasteiger partial charge in [0.15, 0.2) is 10.9 Å². The molecule has 1 aromatic carbocycles. The number of nitrogens with one attached hydrogen (secondary N) is 2. The number of aromatic nitrogens is 1. The first kappa shape index (κ1) is 21.3. The number of carbonyl (C=O) groups is 3. The van der Waals surface area contributed by atoms with E-state index >= 15 is 0 Å². The first-order valence-corrected chi connectivity index (χ1v) is 10.7. The molecule has 7 nitrogen and oxygen atoms in total. The molecule has 1 saturated carbocycles. The SMILES string of the molecule is CCOC(=O)Cc1ccc(NC(=O)Nc2ncc(Cl)s2)cc1C(=O)C1CCCC1. The van der Waals surface area contributed by atoms with Gasteiger partial charge in [0.1, 0.15) is 4.34 Å². The fourth-order valence-corrected chi connectivity index (χ4v) is 4.19. The summed E-state index contributed by atoms with van der Waals surface area (Å²) in [5.41, 5.74) is 1.53. The van der Waals surface area contributed by atoms with Gasteiger partial charge in [-0.15, -0.1) is 0 Å². The van der Waals surface area contributed by atoms with Crippen LogP contribution in [0.4, 0.5) is 15.6 Å². The first-order chi connectivity index (χ1) is 14.0. The van der Waals surface area contributed by atoms with E-state index in [0.717, 1.165) is 37.0 Å². The Balaban J connectivity index is 1.78. The topological polar surface area (TPSA) is 97.4 Å². The normalized spacial score (nSPS) is 13.9. The molecule has 1 aliphatic carbocycles. The van der Waals surface area contributed by atoms with Crippen LogP contribution in [0.25, 0.3) is 0 Å². The van der Waals surface area contributed by atoms with Gasteiger partial charge in [-0.1, -0.05) is 41.8 Å². The fourth-order valence-electron chi connectivity index (χ4n) is 3.38. The lowest BCUT2D eigenvalue weighted by Gasteiger charge is -2.15. The van der Waals surface area contributed by atoms with Crippen LogP contribution < -0.4 is 10.6 Å². The molecule has 154 valence electrons. The number of hydrogen-bond acceptors (Lipinski definition) is 6. The minimum atomic E-state index is -0.492. The van der Waals surface area contributed by atoms with Crippen molar-refractivity contribution in [2.75, 3.05) is 17.2 Å². The van der Waals surface area contributed by atoms with Gasteiger partial charge in [0, 0.05) is 17.2 Å². The lowest BCUT2D eigenvalue weighted by molar-refractivity contribution is -0.142. The maximum atomic E-state index is 13.0. The van der Waals surface area contributed by atoms with Crippen molar-refractivity contribution in [1.82, 2.24) is 4.98 Å². The Labute approximate surface area is 177 Å². The summed E-state index contributed by atoms with van der Waals surface area (Å²) < 4.78 is 5.49. The molecule has 0 bridgehead atoms. The van der Waals surface area contributed by atoms with Gasteiger partial charge in [0.05, 0.1) is 19.2 Å². The molecule has 0 spiro atoms. The Morgan fingerprint density at radius 1 is 1.24 bits per heavy atom. The third-order valence-corrected chi connectivity index (χ3v) is 5.73. The average molecular weight is 436 g/mol. The number of thiazole rings is 1. The number of rotatable bonds is 7. The summed E-state index contributed by atoms with van der Waals surface area (Å²) in [5.74, 6) is -0.415. The van der Waals surface area contributed by atoms with E-state index in [-0.39, 0.29) is 30.7 Å². The number of anilines is 2. The van der Waals surface area contributed by atoms with Crippen LogP contribution in [0.2, 0.25) is 4.34 Å². The maximum Gasteiger partial charge on any atom is 0.325 e. The number of halogens is 1. The van der Waals surface area contributed by atoms with Gasteiger partial charge in [-0.3, -0.25) is 14.9 Å². The third kappa shape index (κ3) is 5.77. The lowest BCUT2D eigenvalue weighted by Crippen LogP contribution is -2.21. The van der Waals surface area contributed by atoms with E-state index in [1.807, 2.05) is 0 Å². The number of Topliss-reactive ketones (excluding diaryl/α,β-unsaturated/α-hetero) is 1. The molecule has 1 aromatic heterocycles. The van der Waals surface area contributed by atoms with Gasteiger partial charge >= 0.3 is 12.0 Å². The van der Waals surface area contributed by atoms with E-state index in [9.17, 15) is 14.4 Å². The molecule has 3 rings (SSSR count). The molecule has 2 aromatic rings. The second-order valence-corrected chi connectivity index (χ2v) is 8.41. The van der Waals surface area contributed by atoms with E-state index in [1.54, 1.807) is 25.1 Å². The number of nitrogens with zero attached hydrogens (tertiary/aromatic N) is 1. The van der Waals surface area contributed by atoms with Crippen molar-refractivity contribution in [1.29, 1.82) is 0 Å². The molecule has 0 atom stereocenters. The molecule has 0 radical (unpaired) electrons. The highest BCUT2D eigenvalue weighted by atomic mass is 35.5. The number of amides is 2. The molecule has 1 heterocycles. The van der Waals surface area contributed by atoms with Crippen LogP contribution in [0, 0.1) is 5.92 Å². The van der Waals surface area contributed by atoms with Crippen molar-refractivity contribution < 1.29 is 19.1 Å². The monoisotopic (exact) mass is 435 g/mol. The number of ether oxygens (including phenoxy) is 1. The largest absolute Gasteiger partial charge is 0.466 e. The summed E-state index contributed by atoms with van der Waals surface area (Å²) in [5, 5.41) is 5.66. The van der Waals surface area contributed by atoms with Gasteiger partial charge in [-0.2, -0.15) is 0 Å². The standard InChI is InChI=1S/C20H22ClN3O4S/c1-2-28-17(25)9-13-7-8-14(10-15(13)18(26)12-5-3-4-6-12)23-19(27)24-20-22-11-16(21)29-20/h7-8,10-12H,2-6,9H2,1H3,(H2,22,23,24,27). The average Bonchev–Trinajstić information content (AvgIpc) is 3.34. The summed E-state index contributed by atoms with van der Waals surface area (Å²) in [7, 11) is 0. The summed E-state index contributed by atoms with van der Waals surface area (Å²) >= 11 is 6.95. The summed E-state index contributed by atoms with van der Waals surface area (Å²) in [6.45, 7) is 2.02. The quantitative estimate of drug-likeness (QED) is 0.475. The van der Waals surface area contributed by atoms with Crippen molar-refractivity contribution in [3.8, 4) is 0 Å². The zero-order chi connectivity index (χ0) is 20.8. The Morgan fingerprint density at radius 2 is 2.00 bits per heavy atom. The smallest absolute Gasteiger partial charge is 0.325 e. The zero-order valence-electron chi connectivity index (χ0n) is 16.0. The van der Waals surface area contributed by atoms with Gasteiger partial charge < -0.3 is 10.1 Å². The molecule has 0 unspecified atom stereocenters. The molecule has 1 fully saturated rings. The molecule has 0 saturated heterocycles. The Hall–Kier alpha value is -2.45. The maximum absolute atomic E-state index is 13.0. The van der Waals surface area contributed by atoms with Crippen molar-refractivity contribution in [2.24, 2.45) is 5.92 Å². The number of hydrogen-bond donors (Lipinski definition) is 2. The van der Waals surface area contributed by atoms with Crippen molar-refractivity contribution in [3.63, 3.8) is 0 Å². The number of urea groups is 1. The highest BCUT2D eigenvalue weighted by Crippen LogP contribution is 2.30. The van der Waals surface area contributed by atoms with Gasteiger partial charge in [0.2, 0.25) is 0 Å². The molecule has 9 heteroatoms. The van der Waals surface area contributed by atoms with E-state index in [1.165, 1.54) is 6.20 Å². The van der Waals surface area contributed by atoms with Crippen LogP contribution in [0.15, 0.2) is 24.4 Å². The predicted octanol–water partition coefficient (Wildman–Crippen LogP) is 4.92. The zero-order valence-corrected chi connectivity index (χ0v) is 17.6. The molecular weight excluding hydrogens is 414 g/mol. The summed E-state index contributed by atoms with van der Waals surface area (Å²) in [4.78, 5) is 41.2. The van der Waals surface area contributed by atoms with Crippen LogP contribution in [0.3, 0.4) is 0 Å². The second-order valence-electron chi connectivity index (χ2n) is 6.75. The molecule has 1 aliphatic rings. The van der Waals surface area contributed by atoms with E-state index in [2.05, 4.69) is 15.6 Å². The first-order valence-electron chi connectivity index (χ1n) is 9.48. The van der Waals surface area contributed by atoms with Crippen LogP contribution in [0.1, 0.15) is 48.5 Å². The molecular formula is C20H22ClN3O4S.